The first-order valence-corrected chi connectivity index (χ1v) is 3.81. The molecule has 12 heavy (non-hydrogen) atoms. The predicted molar refractivity (Wildman–Crippen MR) is 40.0 cm³/mol. The van der Waals surface area contributed by atoms with Gasteiger partial charge in [0.05, 0.1) is 37.0 Å². The van der Waals surface area contributed by atoms with Gasteiger partial charge < -0.3 is 15.3 Å². The quantitative estimate of drug-likeness (QED) is 0.365. The Bertz CT molecular complexity index is 192. The van der Waals surface area contributed by atoms with E-state index in [1.807, 2.05) is 6.07 Å². The highest BCUT2D eigenvalue weighted by atomic mass is 16.3. The lowest BCUT2D eigenvalue weighted by molar-refractivity contribution is -0.0451. The molecule has 4 atom stereocenters. The Hall–Kier alpha value is -0.670. The molecular formula is C7H12N2O3. The molecule has 0 saturated carbocycles. The van der Waals surface area contributed by atoms with Crippen LogP contribution >= 0.6 is 0 Å². The maximum Gasteiger partial charge on any atom is 0.0982 e. The van der Waals surface area contributed by atoms with Crippen molar-refractivity contribution in [1.82, 2.24) is 5.32 Å². The van der Waals surface area contributed by atoms with E-state index in [0.717, 1.165) is 0 Å². The first-order chi connectivity index (χ1) is 5.69. The summed E-state index contributed by atoms with van der Waals surface area (Å²) in [5.41, 5.74) is 0. The normalized spacial score (nSPS) is 42.2. The Balaban J connectivity index is 2.59. The number of nitrogens with zero attached hydrogens (tertiary/aromatic N) is 1. The van der Waals surface area contributed by atoms with Gasteiger partial charge in [-0.15, -0.1) is 0 Å². The van der Waals surface area contributed by atoms with Gasteiger partial charge in [0.15, 0.2) is 0 Å². The number of nitriles is 1. The van der Waals surface area contributed by atoms with Gasteiger partial charge in [0.2, 0.25) is 0 Å². The summed E-state index contributed by atoms with van der Waals surface area (Å²) in [7, 11) is 0. The van der Waals surface area contributed by atoms with Crippen LogP contribution in [0.25, 0.3) is 0 Å². The highest BCUT2D eigenvalue weighted by molar-refractivity contribution is 5.01. The number of aliphatic hydroxyl groups is 3. The van der Waals surface area contributed by atoms with Crippen LogP contribution in [0.15, 0.2) is 0 Å². The van der Waals surface area contributed by atoms with E-state index in [2.05, 4.69) is 5.32 Å². The second-order valence-electron chi connectivity index (χ2n) is 2.93. The molecule has 1 aliphatic rings. The standard InChI is InChI=1S/C7H12N2O3/c8-2-4-1-6(11)7(12)5(3-10)9-4/h4-7,9-12H,1,3H2/t4-,5+,6+,7+/m0/s1. The Morgan fingerprint density at radius 3 is 2.67 bits per heavy atom. The lowest BCUT2D eigenvalue weighted by atomic mass is 9.94. The SMILES string of the molecule is N#C[C@@H]1C[C@@H](O)[C@H](O)[C@@H](CO)N1. The maximum atomic E-state index is 9.27. The predicted octanol–water partition coefficient (Wildman–Crippen LogP) is -2.05. The summed E-state index contributed by atoms with van der Waals surface area (Å²) in [6.45, 7) is -0.281. The van der Waals surface area contributed by atoms with Crippen molar-refractivity contribution >= 4 is 0 Å². The van der Waals surface area contributed by atoms with Gasteiger partial charge in [-0.3, -0.25) is 5.32 Å². The van der Waals surface area contributed by atoms with Crippen LogP contribution < -0.4 is 5.32 Å². The second-order valence-corrected chi connectivity index (χ2v) is 2.93. The summed E-state index contributed by atoms with van der Waals surface area (Å²) < 4.78 is 0. The molecule has 4 N–H and O–H groups in total. The molecule has 68 valence electrons. The van der Waals surface area contributed by atoms with Crippen LogP contribution in [-0.2, 0) is 0 Å². The van der Waals surface area contributed by atoms with E-state index in [-0.39, 0.29) is 13.0 Å². The summed E-state index contributed by atoms with van der Waals surface area (Å²) in [6, 6.07) is 0.842. The summed E-state index contributed by atoms with van der Waals surface area (Å²) >= 11 is 0. The minimum absolute atomic E-state index is 0.203. The first-order valence-electron chi connectivity index (χ1n) is 3.81. The number of rotatable bonds is 1. The van der Waals surface area contributed by atoms with Crippen molar-refractivity contribution in [2.45, 2.75) is 30.7 Å². The van der Waals surface area contributed by atoms with Crippen LogP contribution in [0.5, 0.6) is 0 Å². The van der Waals surface area contributed by atoms with E-state index in [9.17, 15) is 10.2 Å². The lowest BCUT2D eigenvalue weighted by Gasteiger charge is -2.34. The Kier molecular flexibility index (Phi) is 3.00. The van der Waals surface area contributed by atoms with Crippen LogP contribution in [0.3, 0.4) is 0 Å². The first kappa shape index (κ1) is 9.42. The smallest absolute Gasteiger partial charge is 0.0982 e. The van der Waals surface area contributed by atoms with Gasteiger partial charge in [-0.1, -0.05) is 0 Å². The molecule has 1 heterocycles. The maximum absolute atomic E-state index is 9.27. The Labute approximate surface area is 70.2 Å². The van der Waals surface area contributed by atoms with Crippen LogP contribution in [0.1, 0.15) is 6.42 Å². The molecule has 0 unspecified atom stereocenters. The highest BCUT2D eigenvalue weighted by Gasteiger charge is 2.34. The van der Waals surface area contributed by atoms with Crippen molar-refractivity contribution in [3.05, 3.63) is 0 Å². The van der Waals surface area contributed by atoms with Crippen LogP contribution in [0.4, 0.5) is 0 Å². The molecule has 1 rings (SSSR count). The van der Waals surface area contributed by atoms with E-state index in [1.54, 1.807) is 0 Å². The van der Waals surface area contributed by atoms with Crippen molar-refractivity contribution in [2.75, 3.05) is 6.61 Å². The zero-order chi connectivity index (χ0) is 9.14. The average Bonchev–Trinajstić information content (AvgIpc) is 2.09. The Morgan fingerprint density at radius 1 is 1.50 bits per heavy atom. The summed E-state index contributed by atoms with van der Waals surface area (Å²) in [5.74, 6) is 0. The third-order valence-electron chi connectivity index (χ3n) is 2.05. The minimum Gasteiger partial charge on any atom is -0.395 e. The van der Waals surface area contributed by atoms with Gasteiger partial charge in [0, 0.05) is 6.42 Å². The fraction of sp³-hybridized carbons (Fsp3) is 0.857. The molecule has 0 amide bonds. The number of nitrogens with one attached hydrogen (secondary N) is 1. The van der Waals surface area contributed by atoms with Crippen LogP contribution in [0, 0.1) is 11.3 Å². The number of hydrogen-bond donors (Lipinski definition) is 4. The van der Waals surface area contributed by atoms with Gasteiger partial charge >= 0.3 is 0 Å². The van der Waals surface area contributed by atoms with Crippen LogP contribution in [-0.4, -0.2) is 46.2 Å². The fourth-order valence-electron chi connectivity index (χ4n) is 1.32. The topological polar surface area (TPSA) is 96.5 Å². The van der Waals surface area contributed by atoms with Crippen molar-refractivity contribution in [3.63, 3.8) is 0 Å². The summed E-state index contributed by atoms with van der Waals surface area (Å²) in [5, 5.41) is 38.5. The monoisotopic (exact) mass is 172 g/mol. The zero-order valence-electron chi connectivity index (χ0n) is 6.51. The molecule has 5 heteroatoms. The molecular weight excluding hydrogens is 160 g/mol. The molecule has 1 aliphatic heterocycles. The molecule has 0 aromatic rings. The third-order valence-corrected chi connectivity index (χ3v) is 2.05. The van der Waals surface area contributed by atoms with Crippen molar-refractivity contribution < 1.29 is 15.3 Å². The number of piperidine rings is 1. The van der Waals surface area contributed by atoms with Gasteiger partial charge in [0.25, 0.3) is 0 Å². The van der Waals surface area contributed by atoms with Gasteiger partial charge in [-0.25, -0.2) is 0 Å². The molecule has 0 aromatic carbocycles. The molecule has 0 spiro atoms. The summed E-state index contributed by atoms with van der Waals surface area (Å²) in [4.78, 5) is 0. The van der Waals surface area contributed by atoms with Gasteiger partial charge in [-0.2, -0.15) is 5.26 Å². The van der Waals surface area contributed by atoms with Crippen molar-refractivity contribution in [1.29, 1.82) is 5.26 Å². The van der Waals surface area contributed by atoms with E-state index in [1.165, 1.54) is 0 Å². The third kappa shape index (κ3) is 1.73. The molecule has 0 radical (unpaired) electrons. The van der Waals surface area contributed by atoms with Crippen LogP contribution in [0.2, 0.25) is 0 Å². The van der Waals surface area contributed by atoms with Gasteiger partial charge in [-0.05, 0) is 0 Å². The van der Waals surface area contributed by atoms with E-state index < -0.39 is 24.3 Å². The van der Waals surface area contributed by atoms with E-state index >= 15 is 0 Å². The summed E-state index contributed by atoms with van der Waals surface area (Å²) in [6.07, 6.45) is -1.71. The van der Waals surface area contributed by atoms with Gasteiger partial charge in [0.1, 0.15) is 0 Å². The molecule has 0 aromatic heterocycles. The highest BCUT2D eigenvalue weighted by Crippen LogP contribution is 2.13. The van der Waals surface area contributed by atoms with E-state index in [4.69, 9.17) is 10.4 Å². The van der Waals surface area contributed by atoms with Crippen molar-refractivity contribution in [2.24, 2.45) is 0 Å². The molecule has 1 fully saturated rings. The minimum atomic E-state index is -0.986. The largest absolute Gasteiger partial charge is 0.395 e. The van der Waals surface area contributed by atoms with Crippen molar-refractivity contribution in [3.8, 4) is 6.07 Å². The molecule has 0 bridgehead atoms. The molecule has 1 saturated heterocycles. The average molecular weight is 172 g/mol. The lowest BCUT2D eigenvalue weighted by Crippen LogP contribution is -2.58. The number of aliphatic hydroxyl groups excluding tert-OH is 3. The number of hydrogen-bond acceptors (Lipinski definition) is 5. The second kappa shape index (κ2) is 3.83. The molecule has 0 aliphatic carbocycles. The Morgan fingerprint density at radius 2 is 2.17 bits per heavy atom. The zero-order valence-corrected chi connectivity index (χ0v) is 6.51. The molecule has 5 nitrogen and oxygen atoms in total. The fourth-order valence-corrected chi connectivity index (χ4v) is 1.32. The van der Waals surface area contributed by atoms with E-state index in [0.29, 0.717) is 0 Å².